The molecule has 0 saturated carbocycles. The van der Waals surface area contributed by atoms with Crippen molar-refractivity contribution in [2.45, 2.75) is 23.6 Å². The van der Waals surface area contributed by atoms with Crippen LogP contribution in [-0.2, 0) is 0 Å². The van der Waals surface area contributed by atoms with Crippen LogP contribution in [0.25, 0.3) is 0 Å². The first-order valence-electron chi connectivity index (χ1n) is 8.63. The number of hydrogen-bond acceptors (Lipinski definition) is 7. The number of thioether (sulfide) groups is 1. The van der Waals surface area contributed by atoms with Gasteiger partial charge in [-0.3, -0.25) is 5.32 Å². The molecule has 2 N–H and O–H groups in total. The van der Waals surface area contributed by atoms with E-state index in [1.165, 1.54) is 43.7 Å². The van der Waals surface area contributed by atoms with E-state index >= 15 is 0 Å². The quantitative estimate of drug-likeness (QED) is 0.551. The molecule has 0 spiro atoms. The highest BCUT2D eigenvalue weighted by atomic mass is 32.2. The van der Waals surface area contributed by atoms with E-state index < -0.39 is 0 Å². The Balaban J connectivity index is 1.41. The molecule has 1 saturated heterocycles. The van der Waals surface area contributed by atoms with Crippen molar-refractivity contribution in [3.05, 3.63) is 24.3 Å². The summed E-state index contributed by atoms with van der Waals surface area (Å²) in [7, 11) is 1.60. The summed E-state index contributed by atoms with van der Waals surface area (Å²) in [5.74, 6) is 1.73. The Morgan fingerprint density at radius 1 is 1.19 bits per heavy atom. The fraction of sp³-hybridized carbons (Fsp3) is 0.471. The first-order chi connectivity index (χ1) is 12.7. The van der Waals surface area contributed by atoms with Crippen LogP contribution in [0.4, 0.5) is 15.6 Å². The Morgan fingerprint density at radius 2 is 1.96 bits per heavy atom. The van der Waals surface area contributed by atoms with Gasteiger partial charge in [0.25, 0.3) is 0 Å². The third kappa shape index (κ3) is 5.86. The number of anilines is 2. The highest BCUT2D eigenvalue weighted by Gasteiger charge is 2.12. The monoisotopic (exact) mass is 393 g/mol. The summed E-state index contributed by atoms with van der Waals surface area (Å²) in [6.07, 6.45) is 3.97. The molecule has 2 aromatic rings. The van der Waals surface area contributed by atoms with Gasteiger partial charge < -0.3 is 15.0 Å². The molecule has 1 aromatic carbocycles. The fourth-order valence-electron chi connectivity index (χ4n) is 2.70. The van der Waals surface area contributed by atoms with E-state index in [1.54, 1.807) is 43.1 Å². The number of carbonyl (C=O) groups is 1. The fourth-order valence-corrected chi connectivity index (χ4v) is 4.52. The number of hydrogen-bond donors (Lipinski definition) is 2. The largest absolute Gasteiger partial charge is 0.497 e. The van der Waals surface area contributed by atoms with Crippen molar-refractivity contribution in [2.75, 3.05) is 43.1 Å². The number of nitrogens with zero attached hydrogens (tertiary/aromatic N) is 3. The van der Waals surface area contributed by atoms with Crippen molar-refractivity contribution < 1.29 is 9.53 Å². The van der Waals surface area contributed by atoms with E-state index in [4.69, 9.17) is 4.74 Å². The SMILES string of the molecule is COc1ccc(NC(=O)Nc2nnc(SCCN3CCCCC3)s2)cc1. The maximum atomic E-state index is 12.0. The highest BCUT2D eigenvalue weighted by molar-refractivity contribution is 8.01. The summed E-state index contributed by atoms with van der Waals surface area (Å²) in [6, 6.07) is 6.80. The topological polar surface area (TPSA) is 79.4 Å². The summed E-state index contributed by atoms with van der Waals surface area (Å²) in [6.45, 7) is 3.48. The molecule has 0 unspecified atom stereocenters. The smallest absolute Gasteiger partial charge is 0.325 e. The normalized spacial score (nSPS) is 14.8. The molecule has 1 aliphatic heterocycles. The lowest BCUT2D eigenvalue weighted by molar-refractivity contribution is 0.242. The molecule has 140 valence electrons. The Bertz CT molecular complexity index is 701. The number of carbonyl (C=O) groups excluding carboxylic acids is 1. The standard InChI is InChI=1S/C17H23N5O2S2/c1-24-14-7-5-13(6-8-14)18-15(23)19-16-20-21-17(26-16)25-12-11-22-9-3-2-4-10-22/h5-8H,2-4,9-12H2,1H3,(H2,18,19,20,23). The number of ether oxygens (including phenoxy) is 1. The number of likely N-dealkylation sites (tertiary alicyclic amines) is 1. The van der Waals surface area contributed by atoms with Gasteiger partial charge in [-0.25, -0.2) is 4.79 Å². The lowest BCUT2D eigenvalue weighted by Gasteiger charge is -2.25. The van der Waals surface area contributed by atoms with Crippen molar-refractivity contribution in [3.8, 4) is 5.75 Å². The third-order valence-corrected chi connectivity index (χ3v) is 6.01. The molecule has 26 heavy (non-hydrogen) atoms. The van der Waals surface area contributed by atoms with Crippen LogP contribution in [0.1, 0.15) is 19.3 Å². The molecular formula is C17H23N5O2S2. The first-order valence-corrected chi connectivity index (χ1v) is 10.4. The Hall–Kier alpha value is -1.84. The van der Waals surface area contributed by atoms with E-state index in [-0.39, 0.29) is 6.03 Å². The molecular weight excluding hydrogens is 370 g/mol. The lowest BCUT2D eigenvalue weighted by Crippen LogP contribution is -2.31. The van der Waals surface area contributed by atoms with E-state index in [0.29, 0.717) is 10.8 Å². The predicted molar refractivity (Wildman–Crippen MR) is 107 cm³/mol. The predicted octanol–water partition coefficient (Wildman–Crippen LogP) is 3.77. The van der Waals surface area contributed by atoms with Gasteiger partial charge in [-0.2, -0.15) is 0 Å². The first kappa shape index (κ1) is 18.9. The van der Waals surface area contributed by atoms with Crippen LogP contribution in [0.5, 0.6) is 5.75 Å². The third-order valence-electron chi connectivity index (χ3n) is 4.06. The molecule has 2 heterocycles. The molecule has 3 rings (SSSR count). The van der Waals surface area contributed by atoms with Gasteiger partial charge in [0, 0.05) is 18.0 Å². The average Bonchev–Trinajstić information content (AvgIpc) is 3.10. The van der Waals surface area contributed by atoms with E-state index in [2.05, 4.69) is 25.7 Å². The molecule has 1 aliphatic rings. The van der Waals surface area contributed by atoms with Gasteiger partial charge in [0.2, 0.25) is 5.13 Å². The summed E-state index contributed by atoms with van der Waals surface area (Å²) < 4.78 is 5.97. The van der Waals surface area contributed by atoms with Crippen molar-refractivity contribution >= 4 is 39.9 Å². The highest BCUT2D eigenvalue weighted by Crippen LogP contribution is 2.26. The Morgan fingerprint density at radius 3 is 2.69 bits per heavy atom. The molecule has 1 fully saturated rings. The van der Waals surface area contributed by atoms with Gasteiger partial charge in [0.15, 0.2) is 4.34 Å². The minimum atomic E-state index is -0.337. The second-order valence-electron chi connectivity index (χ2n) is 5.93. The average molecular weight is 394 g/mol. The minimum absolute atomic E-state index is 0.337. The number of methoxy groups -OCH3 is 1. The van der Waals surface area contributed by atoms with Crippen LogP contribution >= 0.6 is 23.1 Å². The van der Waals surface area contributed by atoms with E-state index in [9.17, 15) is 4.79 Å². The van der Waals surface area contributed by atoms with Crippen LogP contribution in [0, 0.1) is 0 Å². The van der Waals surface area contributed by atoms with Gasteiger partial charge in [0.1, 0.15) is 5.75 Å². The zero-order valence-electron chi connectivity index (χ0n) is 14.7. The molecule has 9 heteroatoms. The number of urea groups is 1. The zero-order chi connectivity index (χ0) is 18.2. The molecule has 0 aliphatic carbocycles. The molecule has 0 atom stereocenters. The summed E-state index contributed by atoms with van der Waals surface area (Å²) in [4.78, 5) is 14.5. The number of nitrogens with one attached hydrogen (secondary N) is 2. The molecule has 0 radical (unpaired) electrons. The van der Waals surface area contributed by atoms with Gasteiger partial charge in [0.05, 0.1) is 7.11 Å². The molecule has 0 bridgehead atoms. The van der Waals surface area contributed by atoms with Gasteiger partial charge in [-0.05, 0) is 50.2 Å². The van der Waals surface area contributed by atoms with Crippen molar-refractivity contribution in [2.24, 2.45) is 0 Å². The number of piperidine rings is 1. The van der Waals surface area contributed by atoms with Crippen molar-refractivity contribution in [1.29, 1.82) is 0 Å². The summed E-state index contributed by atoms with van der Waals surface area (Å²) >= 11 is 3.08. The molecule has 2 amide bonds. The number of amides is 2. The summed E-state index contributed by atoms with van der Waals surface area (Å²) in [5.41, 5.74) is 0.684. The van der Waals surface area contributed by atoms with Gasteiger partial charge >= 0.3 is 6.03 Å². The summed E-state index contributed by atoms with van der Waals surface area (Å²) in [5, 5.41) is 14.1. The lowest BCUT2D eigenvalue weighted by atomic mass is 10.1. The zero-order valence-corrected chi connectivity index (χ0v) is 16.4. The van der Waals surface area contributed by atoms with Crippen LogP contribution in [-0.4, -0.2) is 53.6 Å². The van der Waals surface area contributed by atoms with Gasteiger partial charge in [-0.15, -0.1) is 10.2 Å². The second kappa shape index (κ2) is 9.75. The van der Waals surface area contributed by atoms with Crippen LogP contribution in [0.2, 0.25) is 0 Å². The maximum Gasteiger partial charge on any atom is 0.325 e. The molecule has 7 nitrogen and oxygen atoms in total. The number of aromatic nitrogens is 2. The van der Waals surface area contributed by atoms with Crippen LogP contribution < -0.4 is 15.4 Å². The van der Waals surface area contributed by atoms with Crippen LogP contribution in [0.3, 0.4) is 0 Å². The van der Waals surface area contributed by atoms with Crippen molar-refractivity contribution in [3.63, 3.8) is 0 Å². The van der Waals surface area contributed by atoms with Crippen molar-refractivity contribution in [1.82, 2.24) is 15.1 Å². The van der Waals surface area contributed by atoms with Crippen LogP contribution in [0.15, 0.2) is 28.6 Å². The van der Waals surface area contributed by atoms with E-state index in [0.717, 1.165) is 22.4 Å². The van der Waals surface area contributed by atoms with Gasteiger partial charge in [-0.1, -0.05) is 29.5 Å². The maximum absolute atomic E-state index is 12.0. The number of benzene rings is 1. The van der Waals surface area contributed by atoms with E-state index in [1.807, 2.05) is 0 Å². The Labute approximate surface area is 161 Å². The molecule has 1 aromatic heterocycles. The minimum Gasteiger partial charge on any atom is -0.497 e. The second-order valence-corrected chi connectivity index (χ2v) is 8.25. The Kier molecular flexibility index (Phi) is 7.10. The number of rotatable bonds is 7.